The molecular formula is C15H16N4O4. The van der Waals surface area contributed by atoms with E-state index in [4.69, 9.17) is 26.7 Å². The van der Waals surface area contributed by atoms with Crippen molar-refractivity contribution in [2.24, 2.45) is 16.6 Å². The van der Waals surface area contributed by atoms with Crippen LogP contribution < -0.4 is 11.5 Å². The molecule has 0 amide bonds. The molecule has 8 nitrogen and oxygen atoms in total. The van der Waals surface area contributed by atoms with Crippen LogP contribution >= 0.6 is 0 Å². The van der Waals surface area contributed by atoms with E-state index in [0.29, 0.717) is 17.7 Å². The number of hydrogen-bond donors (Lipinski definition) is 3. The number of ketones is 1. The van der Waals surface area contributed by atoms with Crippen molar-refractivity contribution in [3.63, 3.8) is 0 Å². The van der Waals surface area contributed by atoms with Crippen molar-refractivity contribution in [1.82, 2.24) is 0 Å². The topological polar surface area (TPSA) is 152 Å². The van der Waals surface area contributed by atoms with Crippen LogP contribution in [0.4, 0.5) is 0 Å². The zero-order chi connectivity index (χ0) is 17.0. The van der Waals surface area contributed by atoms with Crippen molar-refractivity contribution in [2.45, 2.75) is 31.0 Å². The van der Waals surface area contributed by atoms with Gasteiger partial charge in [-0.3, -0.25) is 9.59 Å². The van der Waals surface area contributed by atoms with Crippen LogP contribution in [0, 0.1) is 11.3 Å². The van der Waals surface area contributed by atoms with Crippen LogP contribution in [0.3, 0.4) is 0 Å². The third-order valence-corrected chi connectivity index (χ3v) is 3.55. The second-order valence-electron chi connectivity index (χ2n) is 5.22. The highest BCUT2D eigenvalue weighted by Gasteiger charge is 2.31. The minimum absolute atomic E-state index is 0.0641. The van der Waals surface area contributed by atoms with E-state index in [1.54, 1.807) is 24.3 Å². The van der Waals surface area contributed by atoms with Gasteiger partial charge in [0, 0.05) is 12.8 Å². The summed E-state index contributed by atoms with van der Waals surface area (Å²) in [5.74, 6) is -1.81. The molecule has 1 aromatic carbocycles. The zero-order valence-corrected chi connectivity index (χ0v) is 12.2. The number of nitrogens with two attached hydrogens (primary N) is 2. The molecule has 1 aliphatic heterocycles. The van der Waals surface area contributed by atoms with E-state index in [-0.39, 0.29) is 6.42 Å². The van der Waals surface area contributed by atoms with Crippen LogP contribution in [0.25, 0.3) is 0 Å². The first kappa shape index (κ1) is 16.6. The molecule has 0 spiro atoms. The Kier molecular flexibility index (Phi) is 5.05. The number of carbonyl (C=O) groups excluding carboxylic acids is 1. The standard InChI is InChI=1S/C15H16N4O4/c16-7-8-1-3-9(4-2-8)11-5-10(23-19-11)6-12(20)13(17)14(18)15(21)22/h1-4,10,13-14H,5-6,17-18H2,(H,21,22)/t10-,13?,14-/m0/s1. The van der Waals surface area contributed by atoms with Gasteiger partial charge in [-0.25, -0.2) is 0 Å². The molecule has 120 valence electrons. The molecule has 5 N–H and O–H groups in total. The van der Waals surface area contributed by atoms with E-state index in [0.717, 1.165) is 5.56 Å². The van der Waals surface area contributed by atoms with Gasteiger partial charge in [-0.05, 0) is 17.7 Å². The highest BCUT2D eigenvalue weighted by molar-refractivity contribution is 6.01. The average Bonchev–Trinajstić information content (AvgIpc) is 3.01. The van der Waals surface area contributed by atoms with Gasteiger partial charge in [0.1, 0.15) is 12.1 Å². The lowest BCUT2D eigenvalue weighted by Gasteiger charge is -2.16. The molecule has 23 heavy (non-hydrogen) atoms. The Labute approximate surface area is 132 Å². The maximum atomic E-state index is 11.9. The Hall–Kier alpha value is -2.76. The zero-order valence-electron chi connectivity index (χ0n) is 12.2. The quantitative estimate of drug-likeness (QED) is 0.654. The third kappa shape index (κ3) is 3.91. The van der Waals surface area contributed by atoms with Gasteiger partial charge in [0.05, 0.1) is 23.4 Å². The minimum Gasteiger partial charge on any atom is -0.480 e. The Morgan fingerprint density at radius 1 is 1.35 bits per heavy atom. The van der Waals surface area contributed by atoms with Crippen molar-refractivity contribution < 1.29 is 19.5 Å². The number of carbonyl (C=O) groups is 2. The van der Waals surface area contributed by atoms with Crippen LogP contribution in [0.1, 0.15) is 24.0 Å². The van der Waals surface area contributed by atoms with Crippen molar-refractivity contribution in [2.75, 3.05) is 0 Å². The number of Topliss-reactive ketones (excluding diaryl/α,β-unsaturated/α-hetero) is 1. The maximum Gasteiger partial charge on any atom is 0.322 e. The van der Waals surface area contributed by atoms with Crippen molar-refractivity contribution >= 4 is 17.5 Å². The molecular weight excluding hydrogens is 300 g/mol. The summed E-state index contributed by atoms with van der Waals surface area (Å²) in [6.45, 7) is 0. The van der Waals surface area contributed by atoms with Crippen LogP contribution in [0.5, 0.6) is 0 Å². The van der Waals surface area contributed by atoms with Crippen LogP contribution in [-0.4, -0.2) is 40.8 Å². The molecule has 8 heteroatoms. The molecule has 0 radical (unpaired) electrons. The summed E-state index contributed by atoms with van der Waals surface area (Å²) in [4.78, 5) is 27.9. The van der Waals surface area contributed by atoms with E-state index in [2.05, 4.69) is 5.16 Å². The molecule has 0 bridgehead atoms. The fourth-order valence-electron chi connectivity index (χ4n) is 2.16. The lowest BCUT2D eigenvalue weighted by molar-refractivity contribution is -0.141. The van der Waals surface area contributed by atoms with Gasteiger partial charge in [-0.1, -0.05) is 17.3 Å². The molecule has 3 atom stereocenters. The normalized spacial score (nSPS) is 19.2. The first-order valence-electron chi connectivity index (χ1n) is 6.92. The lowest BCUT2D eigenvalue weighted by atomic mass is 9.97. The smallest absolute Gasteiger partial charge is 0.322 e. The molecule has 1 unspecified atom stereocenters. The molecule has 1 aliphatic rings. The Balaban J connectivity index is 1.93. The molecule has 0 aromatic heterocycles. The van der Waals surface area contributed by atoms with E-state index in [1.165, 1.54) is 0 Å². The number of hydrogen-bond acceptors (Lipinski definition) is 7. The van der Waals surface area contributed by atoms with Crippen LogP contribution in [0.2, 0.25) is 0 Å². The van der Waals surface area contributed by atoms with Gasteiger partial charge in [-0.2, -0.15) is 5.26 Å². The first-order valence-corrected chi connectivity index (χ1v) is 6.92. The van der Waals surface area contributed by atoms with E-state index < -0.39 is 29.9 Å². The third-order valence-electron chi connectivity index (χ3n) is 3.55. The Bertz CT molecular complexity index is 678. The van der Waals surface area contributed by atoms with Crippen molar-refractivity contribution in [1.29, 1.82) is 5.26 Å². The predicted octanol–water partition coefficient (Wildman–Crippen LogP) is -0.250. The number of nitrogens with zero attached hydrogens (tertiary/aromatic N) is 2. The summed E-state index contributed by atoms with van der Waals surface area (Å²) < 4.78 is 0. The predicted molar refractivity (Wildman–Crippen MR) is 80.4 cm³/mol. The van der Waals surface area contributed by atoms with E-state index in [9.17, 15) is 9.59 Å². The van der Waals surface area contributed by atoms with Gasteiger partial charge in [0.25, 0.3) is 0 Å². The summed E-state index contributed by atoms with van der Waals surface area (Å²) in [7, 11) is 0. The lowest BCUT2D eigenvalue weighted by Crippen LogP contribution is -2.52. The SMILES string of the molecule is N#Cc1ccc(C2=NO[C@H](CC(=O)C(N)[C@H](N)C(=O)O)C2)cc1. The van der Waals surface area contributed by atoms with E-state index in [1.807, 2.05) is 6.07 Å². The summed E-state index contributed by atoms with van der Waals surface area (Å²) in [5.41, 5.74) is 12.9. The fraction of sp³-hybridized carbons (Fsp3) is 0.333. The van der Waals surface area contributed by atoms with Crippen molar-refractivity contribution in [3.05, 3.63) is 35.4 Å². The van der Waals surface area contributed by atoms with Gasteiger partial charge in [-0.15, -0.1) is 0 Å². The maximum absolute atomic E-state index is 11.9. The summed E-state index contributed by atoms with van der Waals surface area (Å²) >= 11 is 0. The molecule has 0 saturated carbocycles. The number of nitriles is 1. The summed E-state index contributed by atoms with van der Waals surface area (Å²) in [6, 6.07) is 6.12. The molecule has 2 rings (SSSR count). The average molecular weight is 316 g/mol. The molecule has 0 aliphatic carbocycles. The summed E-state index contributed by atoms with van der Waals surface area (Å²) in [5, 5.41) is 21.5. The molecule has 1 aromatic rings. The molecule has 1 heterocycles. The second-order valence-corrected chi connectivity index (χ2v) is 5.22. The minimum atomic E-state index is -1.44. The number of carboxylic acids is 1. The monoisotopic (exact) mass is 316 g/mol. The molecule has 0 saturated heterocycles. The first-order chi connectivity index (χ1) is 10.9. The molecule has 0 fully saturated rings. The van der Waals surface area contributed by atoms with Crippen molar-refractivity contribution in [3.8, 4) is 6.07 Å². The fourth-order valence-corrected chi connectivity index (χ4v) is 2.16. The summed E-state index contributed by atoms with van der Waals surface area (Å²) in [6.07, 6.45) is -0.168. The van der Waals surface area contributed by atoms with Crippen LogP contribution in [-0.2, 0) is 14.4 Å². The van der Waals surface area contributed by atoms with E-state index >= 15 is 0 Å². The van der Waals surface area contributed by atoms with Crippen LogP contribution in [0.15, 0.2) is 29.4 Å². The van der Waals surface area contributed by atoms with Gasteiger partial charge >= 0.3 is 5.97 Å². The number of rotatable bonds is 6. The largest absolute Gasteiger partial charge is 0.480 e. The highest BCUT2D eigenvalue weighted by atomic mass is 16.6. The number of carboxylic acid groups (broad SMARTS) is 1. The number of benzene rings is 1. The van der Waals surface area contributed by atoms with Gasteiger partial charge in [0.15, 0.2) is 5.78 Å². The number of aliphatic carboxylic acids is 1. The Morgan fingerprint density at radius 2 is 2.00 bits per heavy atom. The highest BCUT2D eigenvalue weighted by Crippen LogP contribution is 2.20. The van der Waals surface area contributed by atoms with Gasteiger partial charge < -0.3 is 21.4 Å². The second kappa shape index (κ2) is 7.00. The van der Waals surface area contributed by atoms with Gasteiger partial charge in [0.2, 0.25) is 0 Å². The Morgan fingerprint density at radius 3 is 2.57 bits per heavy atom. The number of oxime groups is 1.